The second-order valence-electron chi connectivity index (χ2n) is 6.91. The van der Waals surface area contributed by atoms with Gasteiger partial charge in [0.05, 0.1) is 5.69 Å². The van der Waals surface area contributed by atoms with Crippen molar-refractivity contribution in [2.75, 3.05) is 32.7 Å². The zero-order chi connectivity index (χ0) is 17.8. The molecule has 7 heteroatoms. The molecule has 1 fully saturated rings. The molecule has 25 heavy (non-hydrogen) atoms. The fraction of sp³-hybridized carbons (Fsp3) is 0.722. The number of rotatable bonds is 4. The first-order valence-corrected chi connectivity index (χ1v) is 9.53. The lowest BCUT2D eigenvalue weighted by Crippen LogP contribution is -2.44. The fourth-order valence-corrected chi connectivity index (χ4v) is 3.68. The molecule has 1 aromatic heterocycles. The van der Waals surface area contributed by atoms with E-state index >= 15 is 0 Å². The van der Waals surface area contributed by atoms with E-state index in [1.807, 2.05) is 27.5 Å². The number of carbonyl (C=O) groups is 2. The molecule has 0 spiro atoms. The molecule has 2 aliphatic rings. The Balaban J connectivity index is 1.64. The highest BCUT2D eigenvalue weighted by Crippen LogP contribution is 2.28. The van der Waals surface area contributed by atoms with Crippen LogP contribution in [-0.4, -0.2) is 64.2 Å². The van der Waals surface area contributed by atoms with Gasteiger partial charge in [-0.3, -0.25) is 9.48 Å². The third-order valence-corrected chi connectivity index (χ3v) is 5.21. The summed E-state index contributed by atoms with van der Waals surface area (Å²) >= 11 is 0. The third-order valence-electron chi connectivity index (χ3n) is 5.21. The lowest BCUT2D eigenvalue weighted by Gasteiger charge is -2.31. The minimum Gasteiger partial charge on any atom is -0.338 e. The minimum absolute atomic E-state index is 0.0367. The van der Waals surface area contributed by atoms with Crippen LogP contribution in [0.3, 0.4) is 0 Å². The predicted molar refractivity (Wildman–Crippen MR) is 95.7 cm³/mol. The van der Waals surface area contributed by atoms with Crippen LogP contribution in [0.2, 0.25) is 0 Å². The summed E-state index contributed by atoms with van der Waals surface area (Å²) in [4.78, 5) is 28.4. The van der Waals surface area contributed by atoms with Crippen LogP contribution in [0.1, 0.15) is 61.6 Å². The van der Waals surface area contributed by atoms with Gasteiger partial charge in [-0.1, -0.05) is 6.92 Å². The van der Waals surface area contributed by atoms with Gasteiger partial charge in [-0.25, -0.2) is 4.79 Å². The van der Waals surface area contributed by atoms with E-state index in [1.54, 1.807) is 0 Å². The number of hydrogen-bond acceptors (Lipinski definition) is 3. The summed E-state index contributed by atoms with van der Waals surface area (Å²) in [5.41, 5.74) is 1.73. The van der Waals surface area contributed by atoms with Crippen molar-refractivity contribution in [3.63, 3.8) is 0 Å². The Bertz CT molecular complexity index is 619. The first-order valence-electron chi connectivity index (χ1n) is 9.53. The summed E-state index contributed by atoms with van der Waals surface area (Å²) in [6, 6.07) is 2.02. The fourth-order valence-electron chi connectivity index (χ4n) is 3.68. The molecule has 0 bridgehead atoms. The van der Waals surface area contributed by atoms with Crippen molar-refractivity contribution in [2.24, 2.45) is 0 Å². The van der Waals surface area contributed by atoms with Crippen molar-refractivity contribution in [3.8, 4) is 0 Å². The zero-order valence-electron chi connectivity index (χ0n) is 15.3. The predicted octanol–water partition coefficient (Wildman–Crippen LogP) is 2.05. The van der Waals surface area contributed by atoms with Gasteiger partial charge < -0.3 is 15.1 Å². The number of urea groups is 1. The SMILES string of the molecule is CCCNC(=O)N1CCC(c2cc3n(n2)CCCN(CC)C3=O)CC1. The molecular formula is C18H29N5O2. The highest BCUT2D eigenvalue weighted by Gasteiger charge is 2.29. The van der Waals surface area contributed by atoms with Crippen molar-refractivity contribution in [1.29, 1.82) is 0 Å². The molecule has 0 atom stereocenters. The number of piperidine rings is 1. The Morgan fingerprint density at radius 2 is 2.00 bits per heavy atom. The average Bonchev–Trinajstić information content (AvgIpc) is 3.01. The van der Waals surface area contributed by atoms with Crippen LogP contribution < -0.4 is 5.32 Å². The number of nitrogens with one attached hydrogen (secondary N) is 1. The number of hydrogen-bond donors (Lipinski definition) is 1. The first kappa shape index (κ1) is 17.8. The molecule has 3 rings (SSSR count). The monoisotopic (exact) mass is 347 g/mol. The van der Waals surface area contributed by atoms with E-state index in [4.69, 9.17) is 5.10 Å². The lowest BCUT2D eigenvalue weighted by molar-refractivity contribution is 0.0766. The Morgan fingerprint density at radius 3 is 2.68 bits per heavy atom. The van der Waals surface area contributed by atoms with Gasteiger partial charge in [0.2, 0.25) is 0 Å². The summed E-state index contributed by atoms with van der Waals surface area (Å²) < 4.78 is 1.88. The van der Waals surface area contributed by atoms with Crippen molar-refractivity contribution < 1.29 is 9.59 Å². The number of carbonyl (C=O) groups excluding carboxylic acids is 2. The number of amides is 3. The Labute approximate surface area is 149 Å². The van der Waals surface area contributed by atoms with Crippen LogP contribution in [-0.2, 0) is 6.54 Å². The quantitative estimate of drug-likeness (QED) is 0.906. The van der Waals surface area contributed by atoms with Gasteiger partial charge in [0.25, 0.3) is 5.91 Å². The first-order chi connectivity index (χ1) is 12.1. The average molecular weight is 347 g/mol. The summed E-state index contributed by atoms with van der Waals surface area (Å²) in [7, 11) is 0. The van der Waals surface area contributed by atoms with E-state index in [2.05, 4.69) is 12.2 Å². The molecule has 1 N–H and O–H groups in total. The van der Waals surface area contributed by atoms with Crippen LogP contribution in [0.5, 0.6) is 0 Å². The van der Waals surface area contributed by atoms with E-state index in [0.29, 0.717) is 5.92 Å². The Morgan fingerprint density at radius 1 is 1.24 bits per heavy atom. The number of likely N-dealkylation sites (tertiary alicyclic amines) is 1. The standard InChI is InChI=1S/C18H29N5O2/c1-3-8-19-18(25)22-11-6-14(7-12-22)15-13-16-17(24)21(4-2)9-5-10-23(16)20-15/h13-14H,3-12H2,1-2H3,(H,19,25). The van der Waals surface area contributed by atoms with E-state index in [9.17, 15) is 9.59 Å². The Hall–Kier alpha value is -2.05. The van der Waals surface area contributed by atoms with Gasteiger partial charge in [-0.2, -0.15) is 5.10 Å². The molecule has 0 saturated carbocycles. The van der Waals surface area contributed by atoms with E-state index in [-0.39, 0.29) is 11.9 Å². The molecule has 3 amide bonds. The van der Waals surface area contributed by atoms with Crippen molar-refractivity contribution in [2.45, 2.75) is 52.0 Å². The summed E-state index contributed by atoms with van der Waals surface area (Å²) in [6.07, 6.45) is 3.71. The van der Waals surface area contributed by atoms with Crippen molar-refractivity contribution >= 4 is 11.9 Å². The lowest BCUT2D eigenvalue weighted by atomic mass is 9.93. The van der Waals surface area contributed by atoms with E-state index in [1.165, 1.54) is 0 Å². The maximum Gasteiger partial charge on any atom is 0.317 e. The molecule has 1 aromatic rings. The molecule has 0 aliphatic carbocycles. The summed E-state index contributed by atoms with van der Waals surface area (Å²) in [5, 5.41) is 7.66. The highest BCUT2D eigenvalue weighted by atomic mass is 16.2. The molecule has 7 nitrogen and oxygen atoms in total. The van der Waals surface area contributed by atoms with E-state index in [0.717, 1.165) is 76.3 Å². The smallest absolute Gasteiger partial charge is 0.317 e. The number of fused-ring (bicyclic) bond motifs is 1. The van der Waals surface area contributed by atoms with Gasteiger partial charge in [0.1, 0.15) is 5.69 Å². The second kappa shape index (κ2) is 7.89. The maximum atomic E-state index is 12.6. The van der Waals surface area contributed by atoms with Crippen molar-refractivity contribution in [3.05, 3.63) is 17.5 Å². The largest absolute Gasteiger partial charge is 0.338 e. The summed E-state index contributed by atoms with van der Waals surface area (Å²) in [5.74, 6) is 0.424. The molecule has 0 unspecified atom stereocenters. The van der Waals surface area contributed by atoms with Gasteiger partial charge >= 0.3 is 6.03 Å². The Kier molecular flexibility index (Phi) is 5.60. The van der Waals surface area contributed by atoms with Crippen LogP contribution in [0, 0.1) is 0 Å². The topological polar surface area (TPSA) is 70.5 Å². The number of aromatic nitrogens is 2. The van der Waals surface area contributed by atoms with Crippen LogP contribution in [0.4, 0.5) is 4.79 Å². The second-order valence-corrected chi connectivity index (χ2v) is 6.91. The van der Waals surface area contributed by atoms with Crippen LogP contribution in [0.25, 0.3) is 0 Å². The molecule has 0 radical (unpaired) electrons. The highest BCUT2D eigenvalue weighted by molar-refractivity contribution is 5.93. The number of aryl methyl sites for hydroxylation is 1. The van der Waals surface area contributed by atoms with Crippen LogP contribution in [0.15, 0.2) is 6.07 Å². The van der Waals surface area contributed by atoms with Gasteiger partial charge in [-0.15, -0.1) is 0 Å². The third kappa shape index (κ3) is 3.80. The number of nitrogens with zero attached hydrogens (tertiary/aromatic N) is 4. The molecule has 3 heterocycles. The summed E-state index contributed by atoms with van der Waals surface area (Å²) in [6.45, 7) is 8.64. The molecule has 1 saturated heterocycles. The van der Waals surface area contributed by atoms with Gasteiger partial charge in [-0.05, 0) is 38.7 Å². The minimum atomic E-state index is 0.0367. The van der Waals surface area contributed by atoms with E-state index < -0.39 is 0 Å². The van der Waals surface area contributed by atoms with Crippen molar-refractivity contribution in [1.82, 2.24) is 24.9 Å². The molecule has 2 aliphatic heterocycles. The molecule has 138 valence electrons. The normalized spacial score (nSPS) is 18.9. The maximum absolute atomic E-state index is 12.6. The van der Waals surface area contributed by atoms with Gasteiger partial charge in [0.15, 0.2) is 0 Å². The van der Waals surface area contributed by atoms with Gasteiger partial charge in [0, 0.05) is 45.2 Å². The van der Waals surface area contributed by atoms with Crippen LogP contribution >= 0.6 is 0 Å². The zero-order valence-corrected chi connectivity index (χ0v) is 15.3. The molecular weight excluding hydrogens is 318 g/mol. The molecule has 0 aromatic carbocycles.